The highest BCUT2D eigenvalue weighted by molar-refractivity contribution is 5.83. The summed E-state index contributed by atoms with van der Waals surface area (Å²) in [6.07, 6.45) is 6.29. The summed E-state index contributed by atoms with van der Waals surface area (Å²) >= 11 is 0. The fourth-order valence-corrected chi connectivity index (χ4v) is 4.04. The number of carbonyl (C=O) groups excluding carboxylic acids is 1. The lowest BCUT2D eigenvalue weighted by Gasteiger charge is -2.36. The molecule has 3 aliphatic rings. The van der Waals surface area contributed by atoms with E-state index in [0.717, 1.165) is 62.3 Å². The van der Waals surface area contributed by atoms with Crippen LogP contribution in [0, 0.1) is 5.82 Å². The minimum Gasteiger partial charge on any atom is -0.352 e. The Morgan fingerprint density at radius 1 is 1.14 bits per heavy atom. The second-order valence-electron chi connectivity index (χ2n) is 8.34. The maximum atomic E-state index is 13.4. The van der Waals surface area contributed by atoms with Crippen molar-refractivity contribution >= 4 is 5.91 Å². The quantitative estimate of drug-likeness (QED) is 0.828. The molecule has 2 saturated carbocycles. The van der Waals surface area contributed by atoms with E-state index in [9.17, 15) is 9.18 Å². The molecule has 0 bridgehead atoms. The van der Waals surface area contributed by atoms with Crippen molar-refractivity contribution in [2.45, 2.75) is 62.4 Å². The fourth-order valence-electron chi connectivity index (χ4n) is 4.04. The number of piperidine rings is 1. The minimum atomic E-state index is -0.418. The number of nitrogens with one attached hydrogen (secondary N) is 1. The number of halogens is 1. The number of aromatic nitrogens is 2. The molecule has 0 unspecified atom stereocenters. The lowest BCUT2D eigenvalue weighted by molar-refractivity contribution is -0.127. The van der Waals surface area contributed by atoms with Crippen LogP contribution in [0.4, 0.5) is 4.39 Å². The van der Waals surface area contributed by atoms with Crippen LogP contribution in [-0.4, -0.2) is 40.1 Å². The number of hydrogen-bond donors (Lipinski definition) is 1. The number of carbonyl (C=O) groups is 1. The first kappa shape index (κ1) is 17.8. The van der Waals surface area contributed by atoms with Crippen LogP contribution >= 0.6 is 0 Å². The minimum absolute atomic E-state index is 0.00143. The molecular formula is C21H25FN4O2. The highest BCUT2D eigenvalue weighted by Gasteiger charge is 2.37. The Kier molecular flexibility index (Phi) is 4.62. The third kappa shape index (κ3) is 3.81. The van der Waals surface area contributed by atoms with E-state index in [2.05, 4.69) is 20.4 Å². The van der Waals surface area contributed by atoms with Gasteiger partial charge in [-0.25, -0.2) is 4.39 Å². The molecule has 3 fully saturated rings. The smallest absolute Gasteiger partial charge is 0.242 e. The van der Waals surface area contributed by atoms with Gasteiger partial charge in [-0.2, -0.15) is 4.98 Å². The maximum absolute atomic E-state index is 13.4. The second-order valence-corrected chi connectivity index (χ2v) is 8.34. The Morgan fingerprint density at radius 3 is 2.64 bits per heavy atom. The van der Waals surface area contributed by atoms with E-state index in [1.165, 1.54) is 12.1 Å². The van der Waals surface area contributed by atoms with E-state index in [0.29, 0.717) is 12.5 Å². The Hall–Kier alpha value is -2.28. The van der Waals surface area contributed by atoms with Crippen LogP contribution in [0.3, 0.4) is 0 Å². The zero-order chi connectivity index (χ0) is 19.1. The summed E-state index contributed by atoms with van der Waals surface area (Å²) in [5.41, 5.74) is 0.826. The van der Waals surface area contributed by atoms with Crippen LogP contribution in [-0.2, 0) is 4.79 Å². The molecule has 1 amide bonds. The van der Waals surface area contributed by atoms with E-state index in [-0.39, 0.29) is 23.7 Å². The van der Waals surface area contributed by atoms with E-state index in [1.54, 1.807) is 12.1 Å². The third-order valence-corrected chi connectivity index (χ3v) is 5.92. The standard InChI is InChI=1S/C21H25FN4O2/c22-16-7-5-13(6-8-16)18(20(27)23-17-9-10-17)26-11-1-2-15(12-26)19-24-21(28-25-19)14-3-4-14/h5-8,14-15,17-18H,1-4,9-12H2,(H,23,27)/t15-,18-/m1/s1. The predicted molar refractivity (Wildman–Crippen MR) is 100 cm³/mol. The van der Waals surface area contributed by atoms with Gasteiger partial charge in [-0.15, -0.1) is 0 Å². The zero-order valence-electron chi connectivity index (χ0n) is 15.8. The molecule has 2 heterocycles. The number of benzene rings is 1. The molecule has 6 nitrogen and oxygen atoms in total. The molecule has 5 rings (SSSR count). The van der Waals surface area contributed by atoms with Crippen LogP contribution in [0.1, 0.15) is 73.7 Å². The summed E-state index contributed by atoms with van der Waals surface area (Å²) in [5.74, 6) is 1.82. The molecule has 1 saturated heterocycles. The van der Waals surface area contributed by atoms with Crippen molar-refractivity contribution in [2.75, 3.05) is 13.1 Å². The molecule has 1 aromatic carbocycles. The normalized spacial score (nSPS) is 24.1. The average molecular weight is 384 g/mol. The van der Waals surface area contributed by atoms with Gasteiger partial charge >= 0.3 is 0 Å². The number of rotatable bonds is 6. The molecule has 0 radical (unpaired) electrons. The van der Waals surface area contributed by atoms with E-state index in [1.807, 2.05) is 0 Å². The van der Waals surface area contributed by atoms with Gasteiger partial charge < -0.3 is 9.84 Å². The second kappa shape index (κ2) is 7.28. The van der Waals surface area contributed by atoms with Crippen molar-refractivity contribution in [2.24, 2.45) is 0 Å². The van der Waals surface area contributed by atoms with Gasteiger partial charge in [0.1, 0.15) is 11.9 Å². The first-order valence-electron chi connectivity index (χ1n) is 10.3. The molecule has 2 atom stereocenters. The van der Waals surface area contributed by atoms with Crippen LogP contribution in [0.15, 0.2) is 28.8 Å². The number of amides is 1. The molecule has 2 aromatic rings. The molecule has 148 valence electrons. The van der Waals surface area contributed by atoms with Crippen LogP contribution in [0.25, 0.3) is 0 Å². The van der Waals surface area contributed by atoms with Crippen molar-refractivity contribution in [3.05, 3.63) is 47.4 Å². The number of hydrogen-bond acceptors (Lipinski definition) is 5. The summed E-state index contributed by atoms with van der Waals surface area (Å²) in [5, 5.41) is 7.34. The van der Waals surface area contributed by atoms with Gasteiger partial charge in [-0.05, 0) is 62.8 Å². The number of likely N-dealkylation sites (tertiary alicyclic amines) is 1. The Labute approximate surface area is 163 Å². The van der Waals surface area contributed by atoms with Gasteiger partial charge in [-0.1, -0.05) is 17.3 Å². The fraction of sp³-hybridized carbons (Fsp3) is 0.571. The summed E-state index contributed by atoms with van der Waals surface area (Å²) < 4.78 is 18.9. The van der Waals surface area contributed by atoms with Crippen molar-refractivity contribution in [1.82, 2.24) is 20.4 Å². The van der Waals surface area contributed by atoms with Crippen molar-refractivity contribution in [3.8, 4) is 0 Å². The van der Waals surface area contributed by atoms with E-state index in [4.69, 9.17) is 4.52 Å². The van der Waals surface area contributed by atoms with Gasteiger partial charge in [0, 0.05) is 24.4 Å². The molecular weight excluding hydrogens is 359 g/mol. The first-order valence-corrected chi connectivity index (χ1v) is 10.3. The lowest BCUT2D eigenvalue weighted by atomic mass is 9.93. The monoisotopic (exact) mass is 384 g/mol. The van der Waals surface area contributed by atoms with E-state index >= 15 is 0 Å². The zero-order valence-corrected chi connectivity index (χ0v) is 15.8. The van der Waals surface area contributed by atoms with Crippen LogP contribution in [0.5, 0.6) is 0 Å². The highest BCUT2D eigenvalue weighted by atomic mass is 19.1. The highest BCUT2D eigenvalue weighted by Crippen LogP contribution is 2.40. The molecule has 0 spiro atoms. The number of nitrogens with zero attached hydrogens (tertiary/aromatic N) is 3. The van der Waals surface area contributed by atoms with E-state index < -0.39 is 6.04 Å². The summed E-state index contributed by atoms with van der Waals surface area (Å²) in [7, 11) is 0. The largest absolute Gasteiger partial charge is 0.352 e. The van der Waals surface area contributed by atoms with Crippen LogP contribution < -0.4 is 5.32 Å². The third-order valence-electron chi connectivity index (χ3n) is 5.92. The molecule has 1 aliphatic heterocycles. The molecule has 28 heavy (non-hydrogen) atoms. The average Bonchev–Trinajstić information content (AvgIpc) is 3.64. The Balaban J connectivity index is 1.36. The summed E-state index contributed by atoms with van der Waals surface area (Å²) in [4.78, 5) is 19.8. The lowest BCUT2D eigenvalue weighted by Crippen LogP contribution is -2.45. The molecule has 7 heteroatoms. The SMILES string of the molecule is O=C(NC1CC1)[C@@H](c1ccc(F)cc1)N1CCC[C@@H](c2noc(C3CC3)n2)C1. The van der Waals surface area contributed by atoms with Crippen molar-refractivity contribution in [1.29, 1.82) is 0 Å². The summed E-state index contributed by atoms with van der Waals surface area (Å²) in [6.45, 7) is 1.52. The first-order chi connectivity index (χ1) is 13.7. The maximum Gasteiger partial charge on any atom is 0.242 e. The topological polar surface area (TPSA) is 71.3 Å². The van der Waals surface area contributed by atoms with Gasteiger partial charge in [-0.3, -0.25) is 9.69 Å². The predicted octanol–water partition coefficient (Wildman–Crippen LogP) is 3.29. The van der Waals surface area contributed by atoms with Gasteiger partial charge in [0.2, 0.25) is 11.8 Å². The molecule has 2 aliphatic carbocycles. The van der Waals surface area contributed by atoms with Crippen molar-refractivity contribution < 1.29 is 13.7 Å². The van der Waals surface area contributed by atoms with Crippen molar-refractivity contribution in [3.63, 3.8) is 0 Å². The molecule has 1 aromatic heterocycles. The van der Waals surface area contributed by atoms with Gasteiger partial charge in [0.05, 0.1) is 0 Å². The van der Waals surface area contributed by atoms with Gasteiger partial charge in [0.25, 0.3) is 0 Å². The Bertz CT molecular complexity index is 844. The van der Waals surface area contributed by atoms with Crippen LogP contribution in [0.2, 0.25) is 0 Å². The molecule has 1 N–H and O–H groups in total. The Morgan fingerprint density at radius 2 is 1.93 bits per heavy atom. The van der Waals surface area contributed by atoms with Gasteiger partial charge in [0.15, 0.2) is 5.82 Å². The summed E-state index contributed by atoms with van der Waals surface area (Å²) in [6, 6.07) is 6.16.